The van der Waals surface area contributed by atoms with Crippen LogP contribution < -0.4 is 0 Å². The standard InChI is InChI=1S/C4H9BO3/c1-4(3-8-2)5(6)7/h6-7H,1,3H2,2H3. The zero-order valence-corrected chi connectivity index (χ0v) is 4.79. The van der Waals surface area contributed by atoms with Gasteiger partial charge in [-0.2, -0.15) is 0 Å². The first kappa shape index (κ1) is 7.68. The lowest BCUT2D eigenvalue weighted by Crippen LogP contribution is -2.17. The predicted octanol–water partition coefficient (Wildman–Crippen LogP) is -0.799. The number of ether oxygens (including phenoxy) is 1. The lowest BCUT2D eigenvalue weighted by Gasteiger charge is -1.99. The molecule has 0 aliphatic heterocycles. The summed E-state index contributed by atoms with van der Waals surface area (Å²) in [5.74, 6) is 0. The van der Waals surface area contributed by atoms with Crippen LogP contribution in [0.15, 0.2) is 12.1 Å². The van der Waals surface area contributed by atoms with Crippen molar-refractivity contribution in [2.75, 3.05) is 13.7 Å². The maximum atomic E-state index is 8.33. The van der Waals surface area contributed by atoms with E-state index in [1.807, 2.05) is 0 Å². The fourth-order valence-corrected chi connectivity index (χ4v) is 0.260. The minimum atomic E-state index is -1.45. The molecule has 0 aromatic carbocycles. The molecule has 0 saturated carbocycles. The number of rotatable bonds is 3. The molecule has 0 rings (SSSR count). The van der Waals surface area contributed by atoms with Gasteiger partial charge in [0.2, 0.25) is 0 Å². The fraction of sp³-hybridized carbons (Fsp3) is 0.500. The Labute approximate surface area is 48.7 Å². The van der Waals surface area contributed by atoms with Crippen LogP contribution in [0.3, 0.4) is 0 Å². The van der Waals surface area contributed by atoms with Gasteiger partial charge in [0, 0.05) is 7.11 Å². The molecular weight excluding hydrogens is 107 g/mol. The second-order valence-corrected chi connectivity index (χ2v) is 1.46. The van der Waals surface area contributed by atoms with Gasteiger partial charge in [-0.3, -0.25) is 0 Å². The van der Waals surface area contributed by atoms with Crippen molar-refractivity contribution in [3.63, 3.8) is 0 Å². The van der Waals surface area contributed by atoms with Gasteiger partial charge in [-0.1, -0.05) is 0 Å². The highest BCUT2D eigenvalue weighted by Gasteiger charge is 2.10. The lowest BCUT2D eigenvalue weighted by atomic mass is 9.81. The molecule has 2 N–H and O–H groups in total. The van der Waals surface area contributed by atoms with Crippen molar-refractivity contribution in [1.82, 2.24) is 0 Å². The van der Waals surface area contributed by atoms with Crippen LogP contribution in [0, 0.1) is 0 Å². The molecule has 0 atom stereocenters. The number of hydrogen-bond acceptors (Lipinski definition) is 3. The summed E-state index contributed by atoms with van der Waals surface area (Å²) in [5.41, 5.74) is 0.271. The van der Waals surface area contributed by atoms with E-state index in [1.54, 1.807) is 0 Å². The Kier molecular flexibility index (Phi) is 3.51. The summed E-state index contributed by atoms with van der Waals surface area (Å²) in [7, 11) is 0.0167. The average Bonchev–Trinajstić information content (AvgIpc) is 1.67. The summed E-state index contributed by atoms with van der Waals surface area (Å²) < 4.78 is 4.55. The topological polar surface area (TPSA) is 49.7 Å². The van der Waals surface area contributed by atoms with E-state index in [-0.39, 0.29) is 12.1 Å². The normalized spacial score (nSPS) is 8.88. The Hall–Kier alpha value is -0.315. The van der Waals surface area contributed by atoms with E-state index < -0.39 is 7.12 Å². The third-order valence-corrected chi connectivity index (χ3v) is 0.695. The van der Waals surface area contributed by atoms with Crippen molar-refractivity contribution in [1.29, 1.82) is 0 Å². The van der Waals surface area contributed by atoms with E-state index in [1.165, 1.54) is 7.11 Å². The van der Waals surface area contributed by atoms with Gasteiger partial charge in [-0.05, 0) is 5.47 Å². The molecule has 0 spiro atoms. The molecular formula is C4H9BO3. The molecule has 0 radical (unpaired) electrons. The van der Waals surface area contributed by atoms with Gasteiger partial charge < -0.3 is 14.8 Å². The second-order valence-electron chi connectivity index (χ2n) is 1.46. The quantitative estimate of drug-likeness (QED) is 0.474. The van der Waals surface area contributed by atoms with Crippen LogP contribution in [0.25, 0.3) is 0 Å². The van der Waals surface area contributed by atoms with Gasteiger partial charge in [0.05, 0.1) is 6.61 Å². The van der Waals surface area contributed by atoms with Crippen LogP contribution in [0.2, 0.25) is 0 Å². The van der Waals surface area contributed by atoms with E-state index in [9.17, 15) is 0 Å². The zero-order valence-electron chi connectivity index (χ0n) is 4.79. The minimum Gasteiger partial charge on any atom is -0.423 e. The van der Waals surface area contributed by atoms with E-state index in [4.69, 9.17) is 10.0 Å². The van der Waals surface area contributed by atoms with Crippen LogP contribution in [0.4, 0.5) is 0 Å². The van der Waals surface area contributed by atoms with Gasteiger partial charge >= 0.3 is 7.12 Å². The third kappa shape index (κ3) is 2.79. The number of methoxy groups -OCH3 is 1. The van der Waals surface area contributed by atoms with Crippen LogP contribution >= 0.6 is 0 Å². The molecule has 0 aliphatic carbocycles. The highest BCUT2D eigenvalue weighted by atomic mass is 16.5. The van der Waals surface area contributed by atoms with Crippen LogP contribution in [-0.2, 0) is 4.74 Å². The average molecular weight is 116 g/mol. The molecule has 0 saturated heterocycles. The lowest BCUT2D eigenvalue weighted by molar-refractivity contribution is 0.226. The van der Waals surface area contributed by atoms with Gasteiger partial charge in [0.25, 0.3) is 0 Å². The van der Waals surface area contributed by atoms with Crippen molar-refractivity contribution in [3.05, 3.63) is 12.1 Å². The Morgan fingerprint density at radius 1 is 1.75 bits per heavy atom. The number of hydrogen-bond donors (Lipinski definition) is 2. The molecule has 46 valence electrons. The third-order valence-electron chi connectivity index (χ3n) is 0.695. The van der Waals surface area contributed by atoms with Crippen LogP contribution in [0.1, 0.15) is 0 Å². The Morgan fingerprint density at radius 3 is 2.38 bits per heavy atom. The molecule has 0 aliphatic rings. The molecule has 8 heavy (non-hydrogen) atoms. The van der Waals surface area contributed by atoms with Crippen molar-refractivity contribution < 1.29 is 14.8 Å². The molecule has 0 heterocycles. The first-order valence-corrected chi connectivity index (χ1v) is 2.21. The van der Waals surface area contributed by atoms with E-state index in [0.29, 0.717) is 0 Å². The van der Waals surface area contributed by atoms with Crippen molar-refractivity contribution in [2.45, 2.75) is 0 Å². The molecule has 4 heteroatoms. The maximum Gasteiger partial charge on any atom is 0.485 e. The highest BCUT2D eigenvalue weighted by Crippen LogP contribution is 1.89. The molecule has 0 fully saturated rings. The highest BCUT2D eigenvalue weighted by molar-refractivity contribution is 6.50. The van der Waals surface area contributed by atoms with Crippen molar-refractivity contribution in [3.8, 4) is 0 Å². The summed E-state index contributed by atoms with van der Waals surface area (Å²) >= 11 is 0. The minimum absolute atomic E-state index is 0.192. The molecule has 0 aromatic heterocycles. The monoisotopic (exact) mass is 116 g/mol. The SMILES string of the molecule is C=C(COC)B(O)O. The Morgan fingerprint density at radius 2 is 2.25 bits per heavy atom. The molecule has 0 bridgehead atoms. The summed E-state index contributed by atoms with van der Waals surface area (Å²) in [4.78, 5) is 0. The molecule has 0 amide bonds. The maximum absolute atomic E-state index is 8.33. The van der Waals surface area contributed by atoms with E-state index >= 15 is 0 Å². The van der Waals surface area contributed by atoms with Gasteiger partial charge in [0.15, 0.2) is 0 Å². The first-order valence-electron chi connectivity index (χ1n) is 2.21. The first-order chi connectivity index (χ1) is 3.68. The molecule has 0 unspecified atom stereocenters. The largest absolute Gasteiger partial charge is 0.485 e. The van der Waals surface area contributed by atoms with Crippen LogP contribution in [0.5, 0.6) is 0 Å². The predicted molar refractivity (Wildman–Crippen MR) is 31.2 cm³/mol. The fourth-order valence-electron chi connectivity index (χ4n) is 0.260. The van der Waals surface area contributed by atoms with Gasteiger partial charge in [0.1, 0.15) is 0 Å². The zero-order chi connectivity index (χ0) is 6.57. The Bertz CT molecular complexity index is 81.4. The summed E-state index contributed by atoms with van der Waals surface area (Å²) in [5, 5.41) is 16.7. The summed E-state index contributed by atoms with van der Waals surface area (Å²) in [6, 6.07) is 0. The van der Waals surface area contributed by atoms with Crippen LogP contribution in [-0.4, -0.2) is 30.9 Å². The van der Waals surface area contributed by atoms with E-state index in [2.05, 4.69) is 11.3 Å². The van der Waals surface area contributed by atoms with Gasteiger partial charge in [-0.25, -0.2) is 0 Å². The van der Waals surface area contributed by atoms with Crippen molar-refractivity contribution in [2.24, 2.45) is 0 Å². The molecule has 0 aromatic rings. The van der Waals surface area contributed by atoms with Crippen molar-refractivity contribution >= 4 is 7.12 Å². The second kappa shape index (κ2) is 3.66. The summed E-state index contributed by atoms with van der Waals surface area (Å²) in [6.07, 6.45) is 0. The van der Waals surface area contributed by atoms with Gasteiger partial charge in [-0.15, -0.1) is 6.58 Å². The summed E-state index contributed by atoms with van der Waals surface area (Å²) in [6.45, 7) is 3.51. The van der Waals surface area contributed by atoms with E-state index in [0.717, 1.165) is 0 Å². The smallest absolute Gasteiger partial charge is 0.423 e. The molecule has 3 nitrogen and oxygen atoms in total. The Balaban J connectivity index is 3.33.